The van der Waals surface area contributed by atoms with Gasteiger partial charge in [-0.3, -0.25) is 9.59 Å². The van der Waals surface area contributed by atoms with Crippen molar-refractivity contribution < 1.29 is 14.7 Å². The van der Waals surface area contributed by atoms with Crippen LogP contribution in [-0.4, -0.2) is 30.1 Å². The van der Waals surface area contributed by atoms with Crippen molar-refractivity contribution in [3.63, 3.8) is 0 Å². The summed E-state index contributed by atoms with van der Waals surface area (Å²) in [6.45, 7) is 5.57. The summed E-state index contributed by atoms with van der Waals surface area (Å²) >= 11 is 0. The summed E-state index contributed by atoms with van der Waals surface area (Å²) in [5, 5.41) is 15.6. The Morgan fingerprint density at radius 1 is 1.32 bits per heavy atom. The lowest BCUT2D eigenvalue weighted by Crippen LogP contribution is -2.48. The number of carboxylic acids is 1. The number of benzene rings is 1. The van der Waals surface area contributed by atoms with Crippen LogP contribution in [0.25, 0.3) is 0 Å². The van der Waals surface area contributed by atoms with Crippen molar-refractivity contribution >= 4 is 11.9 Å². The number of carboxylic acid groups (broad SMARTS) is 1. The Hall–Kier alpha value is -1.88. The average molecular weight is 304 g/mol. The molecular weight excluding hydrogens is 280 g/mol. The Balaban J connectivity index is 2.07. The lowest BCUT2D eigenvalue weighted by Gasteiger charge is -2.29. The molecule has 0 aliphatic carbocycles. The summed E-state index contributed by atoms with van der Waals surface area (Å²) in [5.74, 6) is -1.25. The van der Waals surface area contributed by atoms with E-state index in [4.69, 9.17) is 0 Å². The van der Waals surface area contributed by atoms with E-state index in [9.17, 15) is 14.7 Å². The fourth-order valence-electron chi connectivity index (χ4n) is 3.12. The van der Waals surface area contributed by atoms with Crippen LogP contribution in [0.1, 0.15) is 43.7 Å². The lowest BCUT2D eigenvalue weighted by atomic mass is 9.81. The molecule has 5 nitrogen and oxygen atoms in total. The number of hydrogen-bond acceptors (Lipinski definition) is 3. The number of fused-ring (bicyclic) bond motifs is 1. The van der Waals surface area contributed by atoms with Crippen molar-refractivity contribution in [3.8, 4) is 0 Å². The van der Waals surface area contributed by atoms with Crippen molar-refractivity contribution in [3.05, 3.63) is 35.4 Å². The molecule has 2 rings (SSSR count). The van der Waals surface area contributed by atoms with E-state index < -0.39 is 11.4 Å². The van der Waals surface area contributed by atoms with Gasteiger partial charge >= 0.3 is 5.97 Å². The number of aliphatic carboxylic acids is 1. The van der Waals surface area contributed by atoms with Gasteiger partial charge in [0.25, 0.3) is 0 Å². The molecule has 3 N–H and O–H groups in total. The van der Waals surface area contributed by atoms with Gasteiger partial charge in [0.05, 0.1) is 0 Å². The molecule has 0 saturated carbocycles. The fourth-order valence-corrected chi connectivity index (χ4v) is 3.12. The SMILES string of the molecule is CCC(CC)(C(=O)O)C(=O)NCC1CNCc2ccccc21. The molecule has 0 saturated heterocycles. The predicted octanol–water partition coefficient (Wildman–Crippen LogP) is 1.88. The van der Waals surface area contributed by atoms with Crippen molar-refractivity contribution in [1.82, 2.24) is 10.6 Å². The molecule has 5 heteroatoms. The zero-order chi connectivity index (χ0) is 16.2. The van der Waals surface area contributed by atoms with Gasteiger partial charge in [-0.1, -0.05) is 38.1 Å². The summed E-state index contributed by atoms with van der Waals surface area (Å²) < 4.78 is 0. The Morgan fingerprint density at radius 2 is 2.00 bits per heavy atom. The van der Waals surface area contributed by atoms with Gasteiger partial charge in [-0.05, 0) is 24.0 Å². The second-order valence-electron chi connectivity index (χ2n) is 5.83. The molecule has 1 aliphatic heterocycles. The van der Waals surface area contributed by atoms with Crippen LogP contribution in [-0.2, 0) is 16.1 Å². The summed E-state index contributed by atoms with van der Waals surface area (Å²) in [6, 6.07) is 8.16. The largest absolute Gasteiger partial charge is 0.480 e. The number of amides is 1. The molecule has 0 radical (unpaired) electrons. The standard InChI is InChI=1S/C17H24N2O3/c1-3-17(4-2,16(21)22)15(20)19-11-13-10-18-9-12-7-5-6-8-14(12)13/h5-8,13,18H,3-4,9-11H2,1-2H3,(H,19,20)(H,21,22). The Bertz CT molecular complexity index is 553. The van der Waals surface area contributed by atoms with Crippen LogP contribution < -0.4 is 10.6 Å². The summed E-state index contributed by atoms with van der Waals surface area (Å²) in [6.07, 6.45) is 0.592. The van der Waals surface area contributed by atoms with Crippen molar-refractivity contribution in [2.75, 3.05) is 13.1 Å². The lowest BCUT2D eigenvalue weighted by molar-refractivity contribution is -0.156. The van der Waals surface area contributed by atoms with Gasteiger partial charge in [0.15, 0.2) is 0 Å². The highest BCUT2D eigenvalue weighted by Crippen LogP contribution is 2.28. The van der Waals surface area contributed by atoms with Gasteiger partial charge in [0.1, 0.15) is 5.41 Å². The van der Waals surface area contributed by atoms with Crippen molar-refractivity contribution in [2.24, 2.45) is 5.41 Å². The molecule has 22 heavy (non-hydrogen) atoms. The maximum atomic E-state index is 12.4. The van der Waals surface area contributed by atoms with Gasteiger partial charge in [0, 0.05) is 25.6 Å². The summed E-state index contributed by atoms with van der Waals surface area (Å²) in [4.78, 5) is 23.9. The number of hydrogen-bond donors (Lipinski definition) is 3. The van der Waals surface area contributed by atoms with Crippen molar-refractivity contribution in [1.29, 1.82) is 0 Å². The normalized spacial score (nSPS) is 17.6. The van der Waals surface area contributed by atoms with Crippen LogP contribution in [0.4, 0.5) is 0 Å². The number of carbonyl (C=O) groups excluding carboxylic acids is 1. The minimum absolute atomic E-state index is 0.175. The van der Waals surface area contributed by atoms with Crippen molar-refractivity contribution in [2.45, 2.75) is 39.2 Å². The molecule has 1 atom stereocenters. The average Bonchev–Trinajstić information content (AvgIpc) is 2.54. The van der Waals surface area contributed by atoms with Gasteiger partial charge < -0.3 is 15.7 Å². The Morgan fingerprint density at radius 3 is 2.64 bits per heavy atom. The third-order valence-electron chi connectivity index (χ3n) is 4.76. The Kier molecular flexibility index (Phi) is 5.19. The zero-order valence-corrected chi connectivity index (χ0v) is 13.2. The Labute approximate surface area is 131 Å². The molecule has 1 unspecified atom stereocenters. The number of nitrogens with one attached hydrogen (secondary N) is 2. The molecule has 1 amide bonds. The first-order chi connectivity index (χ1) is 10.5. The highest BCUT2D eigenvalue weighted by Gasteiger charge is 2.42. The van der Waals surface area contributed by atoms with Gasteiger partial charge in [-0.2, -0.15) is 0 Å². The van der Waals surface area contributed by atoms with E-state index in [1.165, 1.54) is 11.1 Å². The monoisotopic (exact) mass is 304 g/mol. The topological polar surface area (TPSA) is 78.4 Å². The smallest absolute Gasteiger partial charge is 0.319 e. The maximum Gasteiger partial charge on any atom is 0.319 e. The second-order valence-corrected chi connectivity index (χ2v) is 5.83. The minimum Gasteiger partial charge on any atom is -0.480 e. The van der Waals surface area contributed by atoms with E-state index in [1.54, 1.807) is 13.8 Å². The first kappa shape index (κ1) is 16.5. The molecule has 1 aromatic rings. The van der Waals surface area contributed by atoms with E-state index in [0.717, 1.165) is 13.1 Å². The van der Waals surface area contributed by atoms with E-state index >= 15 is 0 Å². The van der Waals surface area contributed by atoms with Gasteiger partial charge in [0.2, 0.25) is 5.91 Å². The molecule has 0 fully saturated rings. The van der Waals surface area contributed by atoms with Gasteiger partial charge in [-0.15, -0.1) is 0 Å². The van der Waals surface area contributed by atoms with Gasteiger partial charge in [-0.25, -0.2) is 0 Å². The van der Waals surface area contributed by atoms with Crippen LogP contribution in [0.5, 0.6) is 0 Å². The summed E-state index contributed by atoms with van der Waals surface area (Å²) in [7, 11) is 0. The molecule has 0 aromatic heterocycles. The number of rotatable bonds is 6. The molecule has 1 aromatic carbocycles. The van der Waals surface area contributed by atoms with Crippen LogP contribution in [0, 0.1) is 5.41 Å². The van der Waals surface area contributed by atoms with E-state index in [0.29, 0.717) is 19.4 Å². The zero-order valence-electron chi connectivity index (χ0n) is 13.2. The first-order valence-corrected chi connectivity index (χ1v) is 7.85. The van der Waals surface area contributed by atoms with Crippen LogP contribution in [0.3, 0.4) is 0 Å². The van der Waals surface area contributed by atoms with Crippen LogP contribution >= 0.6 is 0 Å². The first-order valence-electron chi connectivity index (χ1n) is 7.85. The third-order valence-corrected chi connectivity index (χ3v) is 4.76. The molecule has 0 spiro atoms. The highest BCUT2D eigenvalue weighted by molar-refractivity contribution is 6.01. The molecule has 1 aliphatic rings. The quantitative estimate of drug-likeness (QED) is 0.701. The molecule has 120 valence electrons. The predicted molar refractivity (Wildman–Crippen MR) is 84.6 cm³/mol. The highest BCUT2D eigenvalue weighted by atomic mass is 16.4. The minimum atomic E-state index is -1.32. The number of carbonyl (C=O) groups is 2. The van der Waals surface area contributed by atoms with E-state index in [1.807, 2.05) is 12.1 Å². The molecule has 0 bridgehead atoms. The second kappa shape index (κ2) is 6.92. The fraction of sp³-hybridized carbons (Fsp3) is 0.529. The van der Waals surface area contributed by atoms with Crippen LogP contribution in [0.2, 0.25) is 0 Å². The van der Waals surface area contributed by atoms with E-state index in [-0.39, 0.29) is 11.8 Å². The van der Waals surface area contributed by atoms with Crippen LogP contribution in [0.15, 0.2) is 24.3 Å². The maximum absolute atomic E-state index is 12.4. The summed E-state index contributed by atoms with van der Waals surface area (Å²) in [5.41, 5.74) is 1.15. The third kappa shape index (κ3) is 2.99. The molecule has 1 heterocycles. The molecular formula is C17H24N2O3. The van der Waals surface area contributed by atoms with E-state index in [2.05, 4.69) is 22.8 Å².